The number of aryl methyl sites for hydroxylation is 2. The highest BCUT2D eigenvalue weighted by Crippen LogP contribution is 2.39. The first-order valence-corrected chi connectivity index (χ1v) is 7.11. The molecule has 2 heterocycles. The number of carbonyl (C=O) groups excluding carboxylic acids is 2. The van der Waals surface area contributed by atoms with Gasteiger partial charge in [0.1, 0.15) is 12.5 Å². The van der Waals surface area contributed by atoms with Gasteiger partial charge in [-0.05, 0) is 25.0 Å². The lowest BCUT2D eigenvalue weighted by Gasteiger charge is -2.34. The molecule has 112 valence electrons. The van der Waals surface area contributed by atoms with Crippen LogP contribution < -0.4 is 0 Å². The Labute approximate surface area is 123 Å². The average molecular weight is 289 g/mol. The third kappa shape index (κ3) is 2.26. The van der Waals surface area contributed by atoms with Gasteiger partial charge in [-0.2, -0.15) is 5.06 Å². The van der Waals surface area contributed by atoms with Crippen molar-refractivity contribution in [1.29, 1.82) is 0 Å². The molecular weight excluding hydrogens is 270 g/mol. The predicted molar refractivity (Wildman–Crippen MR) is 75.7 cm³/mol. The smallest absolute Gasteiger partial charge is 0.322 e. The third-order valence-corrected chi connectivity index (χ3v) is 4.34. The summed E-state index contributed by atoms with van der Waals surface area (Å²) in [6.07, 6.45) is 0.482. The van der Waals surface area contributed by atoms with Crippen LogP contribution in [-0.4, -0.2) is 42.6 Å². The summed E-state index contributed by atoms with van der Waals surface area (Å²) in [4.78, 5) is 30.5. The van der Waals surface area contributed by atoms with Crippen LogP contribution in [0.2, 0.25) is 0 Å². The minimum absolute atomic E-state index is 0.107. The van der Waals surface area contributed by atoms with Gasteiger partial charge in [-0.1, -0.05) is 23.8 Å². The van der Waals surface area contributed by atoms with Crippen LogP contribution in [0, 0.1) is 13.8 Å². The van der Waals surface area contributed by atoms with Gasteiger partial charge in [-0.3, -0.25) is 14.4 Å². The second kappa shape index (κ2) is 4.93. The molecule has 0 saturated carbocycles. The Kier molecular flexibility index (Phi) is 3.34. The summed E-state index contributed by atoms with van der Waals surface area (Å²) in [7, 11) is 1.80. The second-order valence-electron chi connectivity index (χ2n) is 5.95. The molecule has 2 aliphatic rings. The zero-order valence-electron chi connectivity index (χ0n) is 12.5. The SMILES string of the molecule is Cc1ccc(C)c(C2C(=O)OC3(CCN(C)OC3)C2=O)c1. The molecule has 2 atom stereocenters. The molecule has 2 aliphatic heterocycles. The van der Waals surface area contributed by atoms with Crippen molar-refractivity contribution >= 4 is 11.8 Å². The molecule has 0 amide bonds. The van der Waals surface area contributed by atoms with Crippen LogP contribution >= 0.6 is 0 Å². The number of esters is 1. The molecule has 5 heteroatoms. The Hall–Kier alpha value is -1.72. The van der Waals surface area contributed by atoms with E-state index in [9.17, 15) is 9.59 Å². The molecule has 3 rings (SSSR count). The summed E-state index contributed by atoms with van der Waals surface area (Å²) in [5.74, 6) is -1.45. The molecule has 0 radical (unpaired) electrons. The first kappa shape index (κ1) is 14.2. The van der Waals surface area contributed by atoms with Gasteiger partial charge in [-0.25, -0.2) is 0 Å². The number of Topliss-reactive ketones (excluding diaryl/α,β-unsaturated/α-hetero) is 1. The summed E-state index contributed by atoms with van der Waals surface area (Å²) < 4.78 is 5.47. The van der Waals surface area contributed by atoms with E-state index in [-0.39, 0.29) is 12.4 Å². The summed E-state index contributed by atoms with van der Waals surface area (Å²) in [6, 6.07) is 5.80. The lowest BCUT2D eigenvalue weighted by molar-refractivity contribution is -0.225. The number of nitrogens with zero attached hydrogens (tertiary/aromatic N) is 1. The van der Waals surface area contributed by atoms with Gasteiger partial charge in [0.25, 0.3) is 0 Å². The number of ketones is 1. The molecule has 0 aromatic heterocycles. The number of benzene rings is 1. The maximum Gasteiger partial charge on any atom is 0.322 e. The van der Waals surface area contributed by atoms with E-state index in [1.807, 2.05) is 32.0 Å². The van der Waals surface area contributed by atoms with Gasteiger partial charge < -0.3 is 4.74 Å². The van der Waals surface area contributed by atoms with Gasteiger partial charge in [-0.15, -0.1) is 0 Å². The first-order chi connectivity index (χ1) is 9.93. The van der Waals surface area contributed by atoms with Gasteiger partial charge in [0.15, 0.2) is 11.4 Å². The topological polar surface area (TPSA) is 55.8 Å². The maximum absolute atomic E-state index is 12.8. The standard InChI is InChI=1S/C16H19NO4/c1-10-4-5-11(2)12(8-10)13-14(18)16(21-15(13)19)6-7-17(3)20-9-16/h4-5,8,13H,6-7,9H2,1-3H3. The summed E-state index contributed by atoms with van der Waals surface area (Å²) in [5, 5.41) is 1.66. The Morgan fingerprint density at radius 3 is 2.71 bits per heavy atom. The Bertz CT molecular complexity index is 602. The molecule has 0 N–H and O–H groups in total. The fourth-order valence-electron chi connectivity index (χ4n) is 2.98. The van der Waals surface area contributed by atoms with Crippen LogP contribution in [0.5, 0.6) is 0 Å². The number of hydroxylamine groups is 2. The fourth-order valence-corrected chi connectivity index (χ4v) is 2.98. The van der Waals surface area contributed by atoms with E-state index in [0.717, 1.165) is 16.7 Å². The molecular formula is C16H19NO4. The van der Waals surface area contributed by atoms with Crippen molar-refractivity contribution in [3.63, 3.8) is 0 Å². The predicted octanol–water partition coefficient (Wildman–Crippen LogP) is 1.52. The molecule has 0 aliphatic carbocycles. The van der Waals surface area contributed by atoms with Crippen LogP contribution in [0.3, 0.4) is 0 Å². The van der Waals surface area contributed by atoms with E-state index >= 15 is 0 Å². The molecule has 1 spiro atoms. The Morgan fingerprint density at radius 2 is 2.05 bits per heavy atom. The monoisotopic (exact) mass is 289 g/mol. The zero-order chi connectivity index (χ0) is 15.2. The zero-order valence-corrected chi connectivity index (χ0v) is 12.5. The number of rotatable bonds is 1. The Balaban J connectivity index is 1.96. The maximum atomic E-state index is 12.8. The van der Waals surface area contributed by atoms with Crippen LogP contribution in [0.25, 0.3) is 0 Å². The van der Waals surface area contributed by atoms with Crippen LogP contribution in [0.15, 0.2) is 18.2 Å². The molecule has 0 bridgehead atoms. The van der Waals surface area contributed by atoms with Crippen molar-refractivity contribution in [2.24, 2.45) is 0 Å². The normalized spacial score (nSPS) is 30.0. The lowest BCUT2D eigenvalue weighted by Crippen LogP contribution is -2.50. The van der Waals surface area contributed by atoms with E-state index in [2.05, 4.69) is 0 Å². The van der Waals surface area contributed by atoms with E-state index in [4.69, 9.17) is 9.57 Å². The van der Waals surface area contributed by atoms with Crippen molar-refractivity contribution in [3.05, 3.63) is 34.9 Å². The lowest BCUT2D eigenvalue weighted by atomic mass is 9.83. The molecule has 1 aromatic rings. The highest BCUT2D eigenvalue weighted by atomic mass is 16.7. The molecule has 5 nitrogen and oxygen atoms in total. The number of carbonyl (C=O) groups is 2. The van der Waals surface area contributed by atoms with E-state index < -0.39 is 17.5 Å². The summed E-state index contributed by atoms with van der Waals surface area (Å²) >= 11 is 0. The number of ether oxygens (including phenoxy) is 1. The first-order valence-electron chi connectivity index (χ1n) is 7.11. The number of hydrogen-bond acceptors (Lipinski definition) is 5. The fraction of sp³-hybridized carbons (Fsp3) is 0.500. The van der Waals surface area contributed by atoms with Crippen molar-refractivity contribution in [2.75, 3.05) is 20.2 Å². The molecule has 1 aromatic carbocycles. The third-order valence-electron chi connectivity index (χ3n) is 4.34. The van der Waals surface area contributed by atoms with Gasteiger partial charge in [0, 0.05) is 20.0 Å². The number of hydrogen-bond donors (Lipinski definition) is 0. The van der Waals surface area contributed by atoms with Crippen molar-refractivity contribution < 1.29 is 19.2 Å². The largest absolute Gasteiger partial charge is 0.448 e. The quantitative estimate of drug-likeness (QED) is 0.579. The Morgan fingerprint density at radius 1 is 1.29 bits per heavy atom. The van der Waals surface area contributed by atoms with E-state index in [0.29, 0.717) is 13.0 Å². The van der Waals surface area contributed by atoms with Crippen LogP contribution in [-0.2, 0) is 19.2 Å². The van der Waals surface area contributed by atoms with E-state index in [1.165, 1.54) is 0 Å². The minimum atomic E-state index is -1.11. The van der Waals surface area contributed by atoms with E-state index in [1.54, 1.807) is 12.1 Å². The van der Waals surface area contributed by atoms with Crippen LogP contribution in [0.4, 0.5) is 0 Å². The van der Waals surface area contributed by atoms with Gasteiger partial charge in [0.2, 0.25) is 0 Å². The van der Waals surface area contributed by atoms with Crippen molar-refractivity contribution in [2.45, 2.75) is 31.8 Å². The highest BCUT2D eigenvalue weighted by molar-refractivity contribution is 6.14. The second-order valence-corrected chi connectivity index (χ2v) is 5.95. The molecule has 2 unspecified atom stereocenters. The van der Waals surface area contributed by atoms with Crippen molar-refractivity contribution in [3.8, 4) is 0 Å². The molecule has 2 fully saturated rings. The summed E-state index contributed by atoms with van der Waals surface area (Å²) in [5.41, 5.74) is 1.60. The molecule has 2 saturated heterocycles. The highest BCUT2D eigenvalue weighted by Gasteiger charge is 2.57. The van der Waals surface area contributed by atoms with Crippen molar-refractivity contribution in [1.82, 2.24) is 5.06 Å². The molecule has 21 heavy (non-hydrogen) atoms. The van der Waals surface area contributed by atoms with Gasteiger partial charge in [0.05, 0.1) is 0 Å². The van der Waals surface area contributed by atoms with Crippen LogP contribution in [0.1, 0.15) is 29.0 Å². The summed E-state index contributed by atoms with van der Waals surface area (Å²) in [6.45, 7) is 4.53. The minimum Gasteiger partial charge on any atom is -0.448 e. The van der Waals surface area contributed by atoms with Gasteiger partial charge >= 0.3 is 5.97 Å². The average Bonchev–Trinajstić information content (AvgIpc) is 2.68.